The van der Waals surface area contributed by atoms with Crippen molar-refractivity contribution in [2.75, 3.05) is 36.0 Å². The van der Waals surface area contributed by atoms with Crippen LogP contribution in [0.1, 0.15) is 153 Å². The highest BCUT2D eigenvalue weighted by atomic mass is 15.1. The topological polar surface area (TPSA) is 32.3 Å². The molecule has 54 heavy (non-hydrogen) atoms. The van der Waals surface area contributed by atoms with E-state index in [9.17, 15) is 0 Å². The smallest absolute Gasteiger partial charge is 0.0892 e. The molecule has 2 heterocycles. The average molecular weight is 727 g/mol. The summed E-state index contributed by atoms with van der Waals surface area (Å²) >= 11 is 0. The minimum atomic E-state index is 0.881. The first kappa shape index (κ1) is 42.6. The van der Waals surface area contributed by atoms with Gasteiger partial charge in [0, 0.05) is 49.9 Å². The Morgan fingerprint density at radius 2 is 0.685 bits per heavy atom. The van der Waals surface area contributed by atoms with E-state index in [1.807, 2.05) is 12.4 Å². The van der Waals surface area contributed by atoms with Gasteiger partial charge in [0.1, 0.15) is 0 Å². The Morgan fingerprint density at radius 1 is 0.370 bits per heavy atom. The summed E-state index contributed by atoms with van der Waals surface area (Å²) in [6, 6.07) is 26.6. The van der Waals surface area contributed by atoms with Crippen LogP contribution in [-0.4, -0.2) is 36.1 Å². The van der Waals surface area contributed by atoms with E-state index < -0.39 is 0 Å². The third-order valence-electron chi connectivity index (χ3n) is 10.4. The van der Waals surface area contributed by atoms with Crippen molar-refractivity contribution < 1.29 is 0 Å². The molecule has 0 saturated heterocycles. The SMILES string of the molecule is CCCCCCN(CCCCCC)c1ccc(/C=C/c2ccnc(-c3cc(/C=C/c4ccc(N(CCCCCC)CCCCCC)cc4)ccn3)c2)cc1. The van der Waals surface area contributed by atoms with Crippen molar-refractivity contribution >= 4 is 35.7 Å². The molecule has 0 bridgehead atoms. The first-order valence-corrected chi connectivity index (χ1v) is 21.6. The lowest BCUT2D eigenvalue weighted by molar-refractivity contribution is 0.609. The number of hydrogen-bond acceptors (Lipinski definition) is 4. The number of hydrogen-bond donors (Lipinski definition) is 0. The summed E-state index contributed by atoms with van der Waals surface area (Å²) in [7, 11) is 0. The van der Waals surface area contributed by atoms with Gasteiger partial charge < -0.3 is 9.80 Å². The van der Waals surface area contributed by atoms with Gasteiger partial charge in [-0.2, -0.15) is 0 Å². The zero-order valence-corrected chi connectivity index (χ0v) is 34.3. The molecular weight excluding hydrogens is 657 g/mol. The number of rotatable bonds is 27. The van der Waals surface area contributed by atoms with Crippen LogP contribution in [-0.2, 0) is 0 Å². The molecule has 4 rings (SSSR count). The van der Waals surface area contributed by atoms with Gasteiger partial charge in [-0.3, -0.25) is 9.97 Å². The molecule has 0 radical (unpaired) electrons. The van der Waals surface area contributed by atoms with Crippen molar-refractivity contribution in [2.45, 2.75) is 130 Å². The van der Waals surface area contributed by atoms with E-state index >= 15 is 0 Å². The summed E-state index contributed by atoms with van der Waals surface area (Å²) in [4.78, 5) is 14.6. The third kappa shape index (κ3) is 15.7. The van der Waals surface area contributed by atoms with Crippen LogP contribution in [0.25, 0.3) is 35.7 Å². The van der Waals surface area contributed by atoms with Gasteiger partial charge in [-0.25, -0.2) is 0 Å². The summed E-state index contributed by atoms with van der Waals surface area (Å²) < 4.78 is 0. The van der Waals surface area contributed by atoms with E-state index in [-0.39, 0.29) is 0 Å². The minimum Gasteiger partial charge on any atom is -0.372 e. The van der Waals surface area contributed by atoms with E-state index in [2.05, 4.69) is 145 Å². The predicted molar refractivity (Wildman–Crippen MR) is 239 cm³/mol. The van der Waals surface area contributed by atoms with Crippen molar-refractivity contribution in [3.05, 3.63) is 107 Å². The van der Waals surface area contributed by atoms with Gasteiger partial charge in [0.15, 0.2) is 0 Å². The number of benzene rings is 2. The largest absolute Gasteiger partial charge is 0.372 e. The first-order valence-electron chi connectivity index (χ1n) is 21.6. The lowest BCUT2D eigenvalue weighted by Gasteiger charge is -2.25. The molecule has 0 aliphatic heterocycles. The van der Waals surface area contributed by atoms with Crippen molar-refractivity contribution in [1.29, 1.82) is 0 Å². The molecule has 0 aliphatic carbocycles. The molecule has 0 N–H and O–H groups in total. The second-order valence-corrected chi connectivity index (χ2v) is 15.0. The second kappa shape index (κ2) is 25.8. The van der Waals surface area contributed by atoms with Crippen molar-refractivity contribution in [1.82, 2.24) is 9.97 Å². The summed E-state index contributed by atoms with van der Waals surface area (Å²) in [5, 5.41) is 0. The molecule has 0 saturated carbocycles. The monoisotopic (exact) mass is 727 g/mol. The first-order chi connectivity index (χ1) is 26.6. The Bertz CT molecular complexity index is 1470. The average Bonchev–Trinajstić information content (AvgIpc) is 3.22. The van der Waals surface area contributed by atoms with Gasteiger partial charge in [0.2, 0.25) is 0 Å². The number of pyridine rings is 2. The van der Waals surface area contributed by atoms with Crippen molar-refractivity contribution in [3.8, 4) is 11.4 Å². The summed E-state index contributed by atoms with van der Waals surface area (Å²) in [5.41, 5.74) is 9.10. The zero-order valence-electron chi connectivity index (χ0n) is 34.3. The maximum Gasteiger partial charge on any atom is 0.0892 e. The van der Waals surface area contributed by atoms with Gasteiger partial charge in [-0.05, 0) is 96.5 Å². The highest BCUT2D eigenvalue weighted by molar-refractivity contribution is 5.74. The Hall–Kier alpha value is -4.18. The molecule has 4 aromatic rings. The van der Waals surface area contributed by atoms with Gasteiger partial charge >= 0.3 is 0 Å². The molecule has 0 spiro atoms. The van der Waals surface area contributed by atoms with Crippen LogP contribution in [0.4, 0.5) is 11.4 Å². The quantitative estimate of drug-likeness (QED) is 0.0573. The van der Waals surface area contributed by atoms with E-state index in [1.54, 1.807) is 0 Å². The number of unbranched alkanes of at least 4 members (excludes halogenated alkanes) is 12. The number of anilines is 2. The Balaban J connectivity index is 1.37. The normalized spacial score (nSPS) is 11.6. The summed E-state index contributed by atoms with van der Waals surface area (Å²) in [6.07, 6.45) is 33.3. The molecule has 0 aliphatic rings. The minimum absolute atomic E-state index is 0.881. The van der Waals surface area contributed by atoms with Crippen LogP contribution in [0.15, 0.2) is 85.2 Å². The summed E-state index contributed by atoms with van der Waals surface area (Å²) in [5.74, 6) is 0. The van der Waals surface area contributed by atoms with Gasteiger partial charge in [-0.1, -0.05) is 153 Å². The van der Waals surface area contributed by atoms with Gasteiger partial charge in [0.05, 0.1) is 11.4 Å². The molecule has 2 aromatic carbocycles. The van der Waals surface area contributed by atoms with E-state index in [0.29, 0.717) is 0 Å². The highest BCUT2D eigenvalue weighted by Crippen LogP contribution is 2.23. The van der Waals surface area contributed by atoms with Crippen LogP contribution in [0.5, 0.6) is 0 Å². The fourth-order valence-corrected chi connectivity index (χ4v) is 7.02. The highest BCUT2D eigenvalue weighted by Gasteiger charge is 2.08. The maximum atomic E-state index is 4.69. The van der Waals surface area contributed by atoms with Crippen LogP contribution >= 0.6 is 0 Å². The lowest BCUT2D eigenvalue weighted by Crippen LogP contribution is -2.25. The number of nitrogens with zero attached hydrogens (tertiary/aromatic N) is 4. The molecule has 2 aromatic heterocycles. The molecule has 0 fully saturated rings. The predicted octanol–water partition coefficient (Wildman–Crippen LogP) is 14.4. The molecular formula is C50H70N4. The van der Waals surface area contributed by atoms with Gasteiger partial charge in [-0.15, -0.1) is 0 Å². The third-order valence-corrected chi connectivity index (χ3v) is 10.4. The molecule has 0 unspecified atom stereocenters. The van der Waals surface area contributed by atoms with E-state index in [0.717, 1.165) is 48.7 Å². The molecule has 4 heteroatoms. The van der Waals surface area contributed by atoms with Crippen LogP contribution < -0.4 is 9.80 Å². The Labute approximate surface area is 329 Å². The van der Waals surface area contributed by atoms with Gasteiger partial charge in [0.25, 0.3) is 0 Å². The van der Waals surface area contributed by atoms with Crippen LogP contribution in [0, 0.1) is 0 Å². The Morgan fingerprint density at radius 3 is 1.00 bits per heavy atom. The fourth-order valence-electron chi connectivity index (χ4n) is 7.02. The maximum absolute atomic E-state index is 4.69. The zero-order chi connectivity index (χ0) is 38.1. The number of aromatic nitrogens is 2. The van der Waals surface area contributed by atoms with E-state index in [4.69, 9.17) is 0 Å². The standard InChI is InChI=1S/C50H70N4/c1-5-9-13-17-37-53(38-18-14-10-6-2)47-29-25-43(26-30-47)21-23-45-33-35-51-49(41-45)50-42-46(34-36-52-50)24-22-44-27-31-48(32-28-44)54(39-19-15-11-7-3)40-20-16-12-8-4/h21-36,41-42H,5-20,37-40H2,1-4H3/b23-21+,24-22+. The van der Waals surface area contributed by atoms with Crippen molar-refractivity contribution in [2.24, 2.45) is 0 Å². The van der Waals surface area contributed by atoms with Crippen LogP contribution in [0.2, 0.25) is 0 Å². The Kier molecular flexibility index (Phi) is 20.3. The van der Waals surface area contributed by atoms with E-state index in [1.165, 1.54) is 125 Å². The molecule has 0 amide bonds. The second-order valence-electron chi connectivity index (χ2n) is 15.0. The van der Waals surface area contributed by atoms with Crippen LogP contribution in [0.3, 0.4) is 0 Å². The summed E-state index contributed by atoms with van der Waals surface area (Å²) in [6.45, 7) is 13.7. The molecule has 290 valence electrons. The molecule has 4 nitrogen and oxygen atoms in total. The lowest BCUT2D eigenvalue weighted by atomic mass is 10.1. The van der Waals surface area contributed by atoms with Crippen molar-refractivity contribution in [3.63, 3.8) is 0 Å². The molecule has 0 atom stereocenters. The fraction of sp³-hybridized carbons (Fsp3) is 0.480.